The molecule has 0 N–H and O–H groups in total. The maximum Gasteiger partial charge on any atom is 2.00 e. The molecule has 1 heteroatoms. The van der Waals surface area contributed by atoms with Gasteiger partial charge in [0.2, 0.25) is 0 Å². The molecule has 0 aromatic heterocycles. The van der Waals surface area contributed by atoms with Crippen molar-refractivity contribution in [3.8, 4) is 0 Å². The number of hydrogen-bond donors (Lipinski definition) is 0. The molecule has 0 saturated heterocycles. The Kier molecular flexibility index (Phi) is 5.67. The molecular weight excluding hydrogens is 224 g/mol. The van der Waals surface area contributed by atoms with Crippen molar-refractivity contribution in [1.29, 1.82) is 0 Å². The van der Waals surface area contributed by atoms with Crippen LogP contribution in [-0.4, -0.2) is 0 Å². The average Bonchev–Trinajstić information content (AvgIpc) is 2.80. The Labute approximate surface area is 102 Å². The minimum atomic E-state index is 0. The van der Waals surface area contributed by atoms with E-state index in [9.17, 15) is 0 Å². The standard InChI is InChI=1S/C9H9.C5.Fe/c1-9(2,3)8-6-4-5-7-8;1-2-4-5-3-1;/h1-3H3;;/q2*-1;+2. The topological polar surface area (TPSA) is 0 Å². The molecule has 0 saturated carbocycles. The number of allylic oxidation sites excluding steroid dienone is 4. The first-order chi connectivity index (χ1) is 6.61. The van der Waals surface area contributed by atoms with Crippen LogP contribution < -0.4 is 0 Å². The molecule has 0 atom stereocenters. The summed E-state index contributed by atoms with van der Waals surface area (Å²) < 4.78 is 0. The first-order valence-electron chi connectivity index (χ1n) is 4.25. The summed E-state index contributed by atoms with van der Waals surface area (Å²) in [6, 6.07) is 0. The number of rotatable bonds is 0. The molecule has 0 spiro atoms. The molecule has 2 aliphatic carbocycles. The van der Waals surface area contributed by atoms with E-state index in [2.05, 4.69) is 73.4 Å². The van der Waals surface area contributed by atoms with E-state index in [1.165, 1.54) is 0 Å². The second-order valence-electron chi connectivity index (χ2n) is 3.75. The van der Waals surface area contributed by atoms with Crippen LogP contribution in [0, 0.1) is 23.6 Å². The van der Waals surface area contributed by atoms with Crippen molar-refractivity contribution in [3.05, 3.63) is 58.2 Å². The van der Waals surface area contributed by atoms with Crippen LogP contribution in [0.4, 0.5) is 0 Å². The monoisotopic (exact) mass is 233 g/mol. The van der Waals surface area contributed by atoms with Crippen LogP contribution in [0.15, 0.2) is 40.0 Å². The van der Waals surface area contributed by atoms with Gasteiger partial charge in [-0.25, -0.2) is 11.5 Å². The predicted molar refractivity (Wildman–Crippen MR) is 53.8 cm³/mol. The first kappa shape index (κ1) is 13.7. The van der Waals surface area contributed by atoms with Crippen molar-refractivity contribution < 1.29 is 17.1 Å². The average molecular weight is 233 g/mol. The third kappa shape index (κ3) is 5.20. The van der Waals surface area contributed by atoms with E-state index in [0.29, 0.717) is 0 Å². The summed E-state index contributed by atoms with van der Waals surface area (Å²) in [6.45, 7) is 6.37. The Morgan fingerprint density at radius 1 is 1.00 bits per heavy atom. The minimum absolute atomic E-state index is 0. The summed E-state index contributed by atoms with van der Waals surface area (Å²) in [5.74, 6) is 0. The summed E-state index contributed by atoms with van der Waals surface area (Å²) >= 11 is 0. The van der Waals surface area contributed by atoms with Gasteiger partial charge in [0.25, 0.3) is 0 Å². The van der Waals surface area contributed by atoms with Crippen LogP contribution in [0.2, 0.25) is 0 Å². The zero-order valence-electron chi connectivity index (χ0n) is 8.85. The van der Waals surface area contributed by atoms with Crippen LogP contribution in [0.25, 0.3) is 0 Å². The fraction of sp³-hybridized carbons (Fsp3) is 0.286. The Morgan fingerprint density at radius 3 is 1.93 bits per heavy atom. The van der Waals surface area contributed by atoms with Gasteiger partial charge in [-0.15, -0.1) is 23.8 Å². The fourth-order valence-corrected chi connectivity index (χ4v) is 0.750. The van der Waals surface area contributed by atoms with Crippen molar-refractivity contribution in [2.24, 2.45) is 5.41 Å². The molecule has 0 fully saturated rings. The van der Waals surface area contributed by atoms with Gasteiger partial charge in [-0.3, -0.25) is 22.9 Å². The summed E-state index contributed by atoms with van der Waals surface area (Å²) in [5.41, 5.74) is 17.1. The van der Waals surface area contributed by atoms with Crippen molar-refractivity contribution in [2.45, 2.75) is 20.8 Å². The van der Waals surface area contributed by atoms with Gasteiger partial charge in [0.05, 0.1) is 0 Å². The largest absolute Gasteiger partial charge is 2.00 e. The Hall–Kier alpha value is -1.32. The van der Waals surface area contributed by atoms with Gasteiger partial charge in [0, 0.05) is 0 Å². The van der Waals surface area contributed by atoms with E-state index in [0.717, 1.165) is 5.57 Å². The quantitative estimate of drug-likeness (QED) is 0.343. The van der Waals surface area contributed by atoms with Crippen molar-refractivity contribution in [1.82, 2.24) is 0 Å². The van der Waals surface area contributed by atoms with Gasteiger partial charge in [-0.05, 0) is 5.41 Å². The zero-order valence-corrected chi connectivity index (χ0v) is 9.96. The summed E-state index contributed by atoms with van der Waals surface area (Å²) in [4.78, 5) is 0. The van der Waals surface area contributed by atoms with Gasteiger partial charge >= 0.3 is 17.1 Å². The molecule has 0 aromatic carbocycles. The second-order valence-corrected chi connectivity index (χ2v) is 3.75. The van der Waals surface area contributed by atoms with Crippen LogP contribution in [0.1, 0.15) is 20.8 Å². The molecule has 15 heavy (non-hydrogen) atoms. The minimum Gasteiger partial charge on any atom is -0.290 e. The molecular formula is C14H9Fe. The SMILES string of the molecule is CC(C)(C)C1=C=C=C=[C-]1.[C]1=C=C=C=[C-]1.[Fe+2]. The van der Waals surface area contributed by atoms with Crippen molar-refractivity contribution in [3.63, 3.8) is 0 Å². The predicted octanol–water partition coefficient (Wildman–Crippen LogP) is 2.87. The molecule has 0 amide bonds. The van der Waals surface area contributed by atoms with Gasteiger partial charge in [-0.2, -0.15) is 0 Å². The van der Waals surface area contributed by atoms with E-state index in [1.807, 2.05) is 0 Å². The van der Waals surface area contributed by atoms with E-state index in [-0.39, 0.29) is 22.5 Å². The summed E-state index contributed by atoms with van der Waals surface area (Å²) in [6.07, 6.45) is 7.94. The van der Waals surface area contributed by atoms with Crippen LogP contribution >= 0.6 is 0 Å². The van der Waals surface area contributed by atoms with Gasteiger partial charge < -0.3 is 0 Å². The van der Waals surface area contributed by atoms with Crippen molar-refractivity contribution >= 4 is 0 Å². The Bertz CT molecular complexity index is 472. The molecule has 2 aliphatic rings. The summed E-state index contributed by atoms with van der Waals surface area (Å²) in [7, 11) is 0. The normalized spacial score (nSPS) is 12.6. The van der Waals surface area contributed by atoms with E-state index in [4.69, 9.17) is 0 Å². The van der Waals surface area contributed by atoms with Gasteiger partial charge in [0.1, 0.15) is 0 Å². The van der Waals surface area contributed by atoms with Gasteiger partial charge in [0.15, 0.2) is 0 Å². The van der Waals surface area contributed by atoms with E-state index >= 15 is 0 Å². The van der Waals surface area contributed by atoms with Crippen LogP contribution in [0.5, 0.6) is 0 Å². The Morgan fingerprint density at radius 2 is 1.73 bits per heavy atom. The molecule has 2 rings (SSSR count). The second kappa shape index (κ2) is 6.22. The van der Waals surface area contributed by atoms with Crippen molar-refractivity contribution in [2.75, 3.05) is 0 Å². The Balaban J connectivity index is 0.000000280. The molecule has 0 aromatic rings. The molecule has 1 radical (unpaired) electrons. The zero-order chi connectivity index (χ0) is 10.4. The molecule has 0 aliphatic heterocycles. The molecule has 0 heterocycles. The maximum absolute atomic E-state index is 2.94. The van der Waals surface area contributed by atoms with E-state index < -0.39 is 0 Å². The summed E-state index contributed by atoms with van der Waals surface area (Å²) in [5, 5.41) is 0. The van der Waals surface area contributed by atoms with E-state index in [1.54, 1.807) is 0 Å². The fourth-order valence-electron chi connectivity index (χ4n) is 0.750. The molecule has 73 valence electrons. The third-order valence-electron chi connectivity index (χ3n) is 1.50. The smallest absolute Gasteiger partial charge is 0.290 e. The van der Waals surface area contributed by atoms with Crippen LogP contribution in [-0.2, 0) is 17.1 Å². The maximum atomic E-state index is 2.94. The molecule has 0 bridgehead atoms. The molecule has 0 nitrogen and oxygen atoms in total. The first-order valence-corrected chi connectivity index (χ1v) is 4.25. The van der Waals surface area contributed by atoms with Crippen LogP contribution in [0.3, 0.4) is 0 Å². The molecule has 0 unspecified atom stereocenters. The van der Waals surface area contributed by atoms with Gasteiger partial charge in [-0.1, -0.05) is 20.8 Å². The number of hydrogen-bond acceptors (Lipinski definition) is 0. The third-order valence-corrected chi connectivity index (χ3v) is 1.50.